The summed E-state index contributed by atoms with van der Waals surface area (Å²) >= 11 is 0. The fraction of sp³-hybridized carbons (Fsp3) is 0.652. The largest absolute Gasteiger partial charge is 0.493 e. The van der Waals surface area contributed by atoms with Gasteiger partial charge in [-0.2, -0.15) is 0 Å². The molecule has 0 heterocycles. The van der Waals surface area contributed by atoms with E-state index >= 15 is 0 Å². The van der Waals surface area contributed by atoms with Crippen molar-refractivity contribution in [3.8, 4) is 5.75 Å². The number of imide groups is 1. The summed E-state index contributed by atoms with van der Waals surface area (Å²) in [6.07, 6.45) is 4.20. The Morgan fingerprint density at radius 2 is 2.03 bits per heavy atom. The number of nitrogens with zero attached hydrogens (tertiary/aromatic N) is 1. The van der Waals surface area contributed by atoms with Gasteiger partial charge < -0.3 is 14.8 Å². The lowest BCUT2D eigenvalue weighted by molar-refractivity contribution is -0.117. The van der Waals surface area contributed by atoms with Gasteiger partial charge in [-0.15, -0.1) is 0 Å². The molecule has 170 valence electrons. The van der Waals surface area contributed by atoms with Crippen LogP contribution in [0.1, 0.15) is 55.7 Å². The molecule has 2 saturated carbocycles. The molecule has 6 nitrogen and oxygen atoms in total. The summed E-state index contributed by atoms with van der Waals surface area (Å²) in [6.45, 7) is -0.234. The van der Waals surface area contributed by atoms with Crippen LogP contribution in [0.25, 0.3) is 0 Å². The molecule has 0 saturated heterocycles. The summed E-state index contributed by atoms with van der Waals surface area (Å²) in [4.78, 5) is 24.5. The minimum absolute atomic E-state index is 0.168. The van der Waals surface area contributed by atoms with Crippen LogP contribution in [-0.2, 0) is 16.0 Å². The zero-order valence-electron chi connectivity index (χ0n) is 17.8. The van der Waals surface area contributed by atoms with Gasteiger partial charge in [-0.3, -0.25) is 9.69 Å². The van der Waals surface area contributed by atoms with Crippen LogP contribution in [0.4, 0.5) is 13.6 Å². The van der Waals surface area contributed by atoms with Crippen LogP contribution >= 0.6 is 0 Å². The number of nitrogens with one attached hydrogen (secondary N) is 1. The Balaban J connectivity index is 1.58. The quantitative estimate of drug-likeness (QED) is 0.624. The predicted octanol–water partition coefficient (Wildman–Crippen LogP) is 4.08. The number of fused-ring (bicyclic) bond motifs is 1. The number of alkyl halides is 2. The smallest absolute Gasteiger partial charge is 0.324 e. The summed E-state index contributed by atoms with van der Waals surface area (Å²) in [5.74, 6) is 1.38. The number of rotatable bonds is 8. The first-order valence-corrected chi connectivity index (χ1v) is 11.0. The van der Waals surface area contributed by atoms with Crippen LogP contribution in [0.5, 0.6) is 5.75 Å². The van der Waals surface area contributed by atoms with Crippen LogP contribution < -0.4 is 10.1 Å². The molecule has 4 rings (SSSR count). The maximum absolute atomic E-state index is 12.8. The normalized spacial score (nSPS) is 27.2. The topological polar surface area (TPSA) is 67.9 Å². The van der Waals surface area contributed by atoms with Gasteiger partial charge in [-0.1, -0.05) is 6.07 Å². The van der Waals surface area contributed by atoms with Gasteiger partial charge in [-0.05, 0) is 79.5 Å². The SMILES string of the molecule is COC1CCC2(CC1)Cc1ccc(OCC3CC3)cc1C2NC(=O)N(C=O)CC(F)F. The van der Waals surface area contributed by atoms with Crippen molar-refractivity contribution >= 4 is 12.4 Å². The molecule has 3 aliphatic rings. The Labute approximate surface area is 181 Å². The van der Waals surface area contributed by atoms with Gasteiger partial charge in [0.2, 0.25) is 6.41 Å². The number of carbonyl (C=O) groups is 2. The molecule has 3 aliphatic carbocycles. The molecule has 1 atom stereocenters. The average molecular weight is 436 g/mol. The summed E-state index contributed by atoms with van der Waals surface area (Å²) in [5, 5.41) is 2.92. The van der Waals surface area contributed by atoms with E-state index in [-0.39, 0.29) is 24.0 Å². The van der Waals surface area contributed by atoms with Crippen LogP contribution in [-0.4, -0.2) is 50.1 Å². The summed E-state index contributed by atoms with van der Waals surface area (Å²) in [6, 6.07) is 4.83. The first-order chi connectivity index (χ1) is 14.9. The number of benzene rings is 1. The highest BCUT2D eigenvalue weighted by molar-refractivity contribution is 5.85. The van der Waals surface area contributed by atoms with E-state index in [4.69, 9.17) is 9.47 Å². The Kier molecular flexibility index (Phi) is 6.46. The Bertz CT molecular complexity index is 807. The Morgan fingerprint density at radius 3 is 2.65 bits per heavy atom. The van der Waals surface area contributed by atoms with E-state index in [0.717, 1.165) is 49.0 Å². The standard InChI is InChI=1S/C23H30F2N2O4/c1-30-17-6-8-23(9-7-17)11-16-4-5-18(31-13-15-2-3-15)10-19(16)21(23)26-22(29)27(14-28)12-20(24)25/h4-5,10,14-15,17,20-21H,2-3,6-9,11-13H2,1H3,(H,26,29). The second-order valence-electron chi connectivity index (χ2n) is 9.12. The Morgan fingerprint density at radius 1 is 1.29 bits per heavy atom. The molecule has 0 bridgehead atoms. The lowest BCUT2D eigenvalue weighted by Gasteiger charge is -2.42. The first kappa shape index (κ1) is 22.0. The van der Waals surface area contributed by atoms with E-state index in [0.29, 0.717) is 17.4 Å². The molecule has 0 aromatic heterocycles. The lowest BCUT2D eigenvalue weighted by Crippen LogP contribution is -2.48. The summed E-state index contributed by atoms with van der Waals surface area (Å²) in [7, 11) is 1.71. The molecule has 2 fully saturated rings. The van der Waals surface area contributed by atoms with E-state index in [1.54, 1.807) is 7.11 Å². The van der Waals surface area contributed by atoms with E-state index in [9.17, 15) is 18.4 Å². The number of methoxy groups -OCH3 is 1. The lowest BCUT2D eigenvalue weighted by atomic mass is 9.68. The highest BCUT2D eigenvalue weighted by Gasteiger charge is 2.49. The van der Waals surface area contributed by atoms with Crippen molar-refractivity contribution in [1.82, 2.24) is 10.2 Å². The number of ether oxygens (including phenoxy) is 2. The third-order valence-electron chi connectivity index (χ3n) is 7.02. The number of amides is 3. The van der Waals surface area contributed by atoms with Gasteiger partial charge in [0.25, 0.3) is 6.43 Å². The molecule has 3 amide bonds. The number of hydrogen-bond acceptors (Lipinski definition) is 4. The van der Waals surface area contributed by atoms with Gasteiger partial charge in [0.15, 0.2) is 0 Å². The second kappa shape index (κ2) is 9.10. The van der Waals surface area contributed by atoms with Gasteiger partial charge in [0.1, 0.15) is 5.75 Å². The molecule has 0 radical (unpaired) electrons. The van der Waals surface area contributed by atoms with Crippen molar-refractivity contribution in [3.63, 3.8) is 0 Å². The van der Waals surface area contributed by atoms with Crippen molar-refractivity contribution in [2.24, 2.45) is 11.3 Å². The van der Waals surface area contributed by atoms with Crippen LogP contribution in [0.15, 0.2) is 18.2 Å². The number of halogens is 2. The Hall–Kier alpha value is -2.22. The zero-order chi connectivity index (χ0) is 22.0. The molecular formula is C23H30F2N2O4. The van der Waals surface area contributed by atoms with Gasteiger partial charge >= 0.3 is 6.03 Å². The van der Waals surface area contributed by atoms with Crippen LogP contribution in [0, 0.1) is 11.3 Å². The summed E-state index contributed by atoms with van der Waals surface area (Å²) in [5.41, 5.74) is 1.87. The zero-order valence-corrected chi connectivity index (χ0v) is 17.8. The molecule has 1 spiro atoms. The van der Waals surface area contributed by atoms with E-state index in [2.05, 4.69) is 5.32 Å². The fourth-order valence-electron chi connectivity index (χ4n) is 5.03. The second-order valence-corrected chi connectivity index (χ2v) is 9.12. The van der Waals surface area contributed by atoms with Crippen molar-refractivity contribution < 1.29 is 27.8 Å². The number of carbonyl (C=O) groups excluding carboxylic acids is 2. The monoisotopic (exact) mass is 436 g/mol. The summed E-state index contributed by atoms with van der Waals surface area (Å²) < 4.78 is 37.1. The van der Waals surface area contributed by atoms with Crippen LogP contribution in [0.3, 0.4) is 0 Å². The molecular weight excluding hydrogens is 406 g/mol. The minimum Gasteiger partial charge on any atom is -0.493 e. The predicted molar refractivity (Wildman–Crippen MR) is 110 cm³/mol. The van der Waals surface area contributed by atoms with E-state index in [1.165, 1.54) is 12.8 Å². The fourth-order valence-corrected chi connectivity index (χ4v) is 5.03. The van der Waals surface area contributed by atoms with E-state index in [1.807, 2.05) is 18.2 Å². The highest BCUT2D eigenvalue weighted by Crippen LogP contribution is 2.55. The van der Waals surface area contributed by atoms with Crippen molar-refractivity contribution in [1.29, 1.82) is 0 Å². The number of hydrogen-bond donors (Lipinski definition) is 1. The molecule has 0 aliphatic heterocycles. The molecule has 31 heavy (non-hydrogen) atoms. The minimum atomic E-state index is -2.78. The van der Waals surface area contributed by atoms with Crippen molar-refractivity contribution in [2.45, 2.75) is 63.5 Å². The van der Waals surface area contributed by atoms with Crippen LogP contribution in [0.2, 0.25) is 0 Å². The highest BCUT2D eigenvalue weighted by atomic mass is 19.3. The maximum Gasteiger partial charge on any atom is 0.324 e. The third-order valence-corrected chi connectivity index (χ3v) is 7.02. The van der Waals surface area contributed by atoms with E-state index < -0.39 is 19.0 Å². The molecule has 1 aromatic rings. The van der Waals surface area contributed by atoms with Gasteiger partial charge in [0.05, 0.1) is 25.3 Å². The maximum atomic E-state index is 12.8. The van der Waals surface area contributed by atoms with Gasteiger partial charge in [0, 0.05) is 7.11 Å². The van der Waals surface area contributed by atoms with Gasteiger partial charge in [-0.25, -0.2) is 13.6 Å². The molecule has 1 unspecified atom stereocenters. The van der Waals surface area contributed by atoms with Crippen molar-refractivity contribution in [2.75, 3.05) is 20.3 Å². The third kappa shape index (κ3) is 4.84. The molecule has 8 heteroatoms. The molecule has 1 N–H and O–H groups in total. The first-order valence-electron chi connectivity index (χ1n) is 11.0. The molecule has 1 aromatic carbocycles. The number of urea groups is 1. The van der Waals surface area contributed by atoms with Crippen molar-refractivity contribution in [3.05, 3.63) is 29.3 Å². The average Bonchev–Trinajstić information content (AvgIpc) is 3.55.